The number of benzene rings is 1. The molecule has 21 heavy (non-hydrogen) atoms. The van der Waals surface area contributed by atoms with E-state index in [4.69, 9.17) is 4.74 Å². The number of carbonyl (C=O) groups is 1. The molecule has 4 nitrogen and oxygen atoms in total. The molecule has 1 aromatic carbocycles. The molecule has 1 fully saturated rings. The number of amides is 1. The Bertz CT molecular complexity index is 586. The second-order valence-corrected chi connectivity index (χ2v) is 5.17. The third-order valence-corrected chi connectivity index (χ3v) is 3.66. The van der Waals surface area contributed by atoms with Crippen molar-refractivity contribution in [3.05, 3.63) is 66.0 Å². The Labute approximate surface area is 124 Å². The Morgan fingerprint density at radius 3 is 2.71 bits per heavy atom. The predicted molar refractivity (Wildman–Crippen MR) is 80.0 cm³/mol. The molecule has 1 amide bonds. The van der Waals surface area contributed by atoms with Crippen molar-refractivity contribution in [1.29, 1.82) is 0 Å². The van der Waals surface area contributed by atoms with Crippen molar-refractivity contribution in [3.8, 4) is 0 Å². The van der Waals surface area contributed by atoms with Gasteiger partial charge in [-0.3, -0.25) is 9.78 Å². The van der Waals surface area contributed by atoms with Crippen LogP contribution in [0.4, 0.5) is 0 Å². The summed E-state index contributed by atoms with van der Waals surface area (Å²) in [5.41, 5.74) is 1.92. The summed E-state index contributed by atoms with van der Waals surface area (Å²) in [5.74, 6) is 0.0544. The van der Waals surface area contributed by atoms with Crippen molar-refractivity contribution in [3.63, 3.8) is 0 Å². The van der Waals surface area contributed by atoms with Crippen molar-refractivity contribution < 1.29 is 9.53 Å². The topological polar surface area (TPSA) is 42.4 Å². The number of carbonyl (C=O) groups excluding carboxylic acids is 1. The number of morpholine rings is 1. The third-order valence-electron chi connectivity index (χ3n) is 3.66. The first-order valence-corrected chi connectivity index (χ1v) is 7.18. The maximum Gasteiger partial charge on any atom is 0.254 e. The van der Waals surface area contributed by atoms with Gasteiger partial charge in [0.1, 0.15) is 0 Å². The summed E-state index contributed by atoms with van der Waals surface area (Å²) in [5, 5.41) is 0. The van der Waals surface area contributed by atoms with Gasteiger partial charge < -0.3 is 9.64 Å². The molecule has 0 saturated carbocycles. The number of aromatic nitrogens is 1. The number of hydrogen-bond acceptors (Lipinski definition) is 3. The van der Waals surface area contributed by atoms with E-state index in [0.29, 0.717) is 25.3 Å². The smallest absolute Gasteiger partial charge is 0.254 e. The highest BCUT2D eigenvalue weighted by Crippen LogP contribution is 2.14. The van der Waals surface area contributed by atoms with Crippen molar-refractivity contribution in [2.45, 2.75) is 12.5 Å². The molecule has 3 rings (SSSR count). The van der Waals surface area contributed by atoms with Crippen LogP contribution in [0.1, 0.15) is 15.9 Å². The van der Waals surface area contributed by atoms with Crippen LogP contribution in [0.25, 0.3) is 0 Å². The zero-order chi connectivity index (χ0) is 14.5. The molecule has 1 saturated heterocycles. The molecule has 0 unspecified atom stereocenters. The summed E-state index contributed by atoms with van der Waals surface area (Å²) in [7, 11) is 0. The largest absolute Gasteiger partial charge is 0.374 e. The lowest BCUT2D eigenvalue weighted by atomic mass is 10.1. The van der Waals surface area contributed by atoms with Gasteiger partial charge >= 0.3 is 0 Å². The number of nitrogens with zero attached hydrogens (tertiary/aromatic N) is 2. The van der Waals surface area contributed by atoms with E-state index in [0.717, 1.165) is 6.42 Å². The minimum atomic E-state index is 0.0544. The summed E-state index contributed by atoms with van der Waals surface area (Å²) in [6.45, 7) is 1.87. The van der Waals surface area contributed by atoms with Gasteiger partial charge in [0.15, 0.2) is 0 Å². The van der Waals surface area contributed by atoms with Crippen LogP contribution >= 0.6 is 0 Å². The quantitative estimate of drug-likeness (QED) is 0.866. The first kappa shape index (κ1) is 13.8. The molecule has 0 radical (unpaired) electrons. The predicted octanol–water partition coefficient (Wildman–Crippen LogP) is 2.17. The summed E-state index contributed by atoms with van der Waals surface area (Å²) < 4.78 is 5.79. The van der Waals surface area contributed by atoms with Crippen LogP contribution in [0.2, 0.25) is 0 Å². The number of rotatable bonds is 3. The van der Waals surface area contributed by atoms with Crippen LogP contribution < -0.4 is 0 Å². The normalized spacial score (nSPS) is 18.5. The maximum absolute atomic E-state index is 12.4. The fraction of sp³-hybridized carbons (Fsp3) is 0.294. The standard InChI is InChI=1S/C17H18N2O2/c20-17(15-6-8-18-9-7-15)19-10-11-21-16(13-19)12-14-4-2-1-3-5-14/h1-9,16H,10-13H2/t16-/m1/s1. The van der Waals surface area contributed by atoms with Gasteiger partial charge in [-0.2, -0.15) is 0 Å². The highest BCUT2D eigenvalue weighted by Gasteiger charge is 2.25. The average Bonchev–Trinajstić information content (AvgIpc) is 2.56. The summed E-state index contributed by atoms with van der Waals surface area (Å²) >= 11 is 0. The SMILES string of the molecule is O=C(c1ccncc1)N1CCO[C@H](Cc2ccccc2)C1. The first-order chi connectivity index (χ1) is 10.3. The van der Waals surface area contributed by atoms with Crippen molar-refractivity contribution in [2.75, 3.05) is 19.7 Å². The van der Waals surface area contributed by atoms with Crippen LogP contribution in [0.5, 0.6) is 0 Å². The van der Waals surface area contributed by atoms with E-state index in [9.17, 15) is 4.79 Å². The second-order valence-electron chi connectivity index (χ2n) is 5.17. The number of hydrogen-bond donors (Lipinski definition) is 0. The van der Waals surface area contributed by atoms with Gasteiger partial charge in [0.25, 0.3) is 5.91 Å². The van der Waals surface area contributed by atoms with E-state index in [1.807, 2.05) is 23.1 Å². The zero-order valence-electron chi connectivity index (χ0n) is 11.8. The molecule has 108 valence electrons. The Kier molecular flexibility index (Phi) is 4.26. The molecule has 2 aromatic rings. The maximum atomic E-state index is 12.4. The molecule has 1 aliphatic heterocycles. The van der Waals surface area contributed by atoms with E-state index >= 15 is 0 Å². The molecule has 1 aliphatic rings. The van der Waals surface area contributed by atoms with Crippen LogP contribution in [-0.4, -0.2) is 41.6 Å². The molecule has 1 aromatic heterocycles. The number of pyridine rings is 1. The Balaban J connectivity index is 1.64. The Morgan fingerprint density at radius 1 is 1.19 bits per heavy atom. The minimum Gasteiger partial charge on any atom is -0.374 e. The van der Waals surface area contributed by atoms with E-state index in [2.05, 4.69) is 17.1 Å². The minimum absolute atomic E-state index is 0.0544. The number of ether oxygens (including phenoxy) is 1. The molecule has 1 atom stereocenters. The Hall–Kier alpha value is -2.20. The molecule has 0 spiro atoms. The van der Waals surface area contributed by atoms with Gasteiger partial charge in [0.05, 0.1) is 12.7 Å². The molecule has 0 bridgehead atoms. The molecule has 2 heterocycles. The van der Waals surface area contributed by atoms with Crippen LogP contribution in [0.15, 0.2) is 54.9 Å². The van der Waals surface area contributed by atoms with Gasteiger partial charge in [0.2, 0.25) is 0 Å². The van der Waals surface area contributed by atoms with Crippen molar-refractivity contribution in [1.82, 2.24) is 9.88 Å². The molecule has 0 aliphatic carbocycles. The fourth-order valence-electron chi connectivity index (χ4n) is 2.58. The van der Waals surface area contributed by atoms with E-state index in [-0.39, 0.29) is 12.0 Å². The van der Waals surface area contributed by atoms with E-state index < -0.39 is 0 Å². The molecular formula is C17H18N2O2. The second kappa shape index (κ2) is 6.50. The molecule has 4 heteroatoms. The lowest BCUT2D eigenvalue weighted by molar-refractivity contribution is -0.0208. The van der Waals surface area contributed by atoms with Gasteiger partial charge in [0, 0.05) is 37.5 Å². The monoisotopic (exact) mass is 282 g/mol. The third kappa shape index (κ3) is 3.47. The highest BCUT2D eigenvalue weighted by molar-refractivity contribution is 5.94. The van der Waals surface area contributed by atoms with Crippen LogP contribution in [-0.2, 0) is 11.2 Å². The lowest BCUT2D eigenvalue weighted by Gasteiger charge is -2.33. The van der Waals surface area contributed by atoms with Gasteiger partial charge in [-0.25, -0.2) is 0 Å². The Morgan fingerprint density at radius 2 is 1.95 bits per heavy atom. The molecular weight excluding hydrogens is 264 g/mol. The van der Waals surface area contributed by atoms with Crippen LogP contribution in [0.3, 0.4) is 0 Å². The van der Waals surface area contributed by atoms with Gasteiger partial charge in [-0.05, 0) is 17.7 Å². The van der Waals surface area contributed by atoms with Crippen molar-refractivity contribution >= 4 is 5.91 Å². The van der Waals surface area contributed by atoms with E-state index in [1.54, 1.807) is 24.5 Å². The van der Waals surface area contributed by atoms with E-state index in [1.165, 1.54) is 5.56 Å². The lowest BCUT2D eigenvalue weighted by Crippen LogP contribution is -2.46. The highest BCUT2D eigenvalue weighted by atomic mass is 16.5. The molecule has 0 N–H and O–H groups in total. The van der Waals surface area contributed by atoms with Crippen LogP contribution in [0, 0.1) is 0 Å². The summed E-state index contributed by atoms with van der Waals surface area (Å²) in [4.78, 5) is 18.3. The van der Waals surface area contributed by atoms with Gasteiger partial charge in [-0.1, -0.05) is 30.3 Å². The fourth-order valence-corrected chi connectivity index (χ4v) is 2.58. The summed E-state index contributed by atoms with van der Waals surface area (Å²) in [6, 6.07) is 13.7. The average molecular weight is 282 g/mol. The van der Waals surface area contributed by atoms with Crippen molar-refractivity contribution in [2.24, 2.45) is 0 Å². The summed E-state index contributed by atoms with van der Waals surface area (Å²) in [6.07, 6.45) is 4.19. The zero-order valence-corrected chi connectivity index (χ0v) is 11.8. The van der Waals surface area contributed by atoms with Gasteiger partial charge in [-0.15, -0.1) is 0 Å². The first-order valence-electron chi connectivity index (χ1n) is 7.18.